The number of carbonyl (C=O) groups excluding carboxylic acids is 1. The molecule has 0 saturated carbocycles. The Labute approximate surface area is 107 Å². The van der Waals surface area contributed by atoms with Crippen LogP contribution in [0.2, 0.25) is 0 Å². The van der Waals surface area contributed by atoms with Crippen LogP contribution >= 0.6 is 11.3 Å². The number of benzene rings is 1. The summed E-state index contributed by atoms with van der Waals surface area (Å²) in [5.41, 5.74) is 0.376. The summed E-state index contributed by atoms with van der Waals surface area (Å²) in [4.78, 5) is 11.3. The highest BCUT2D eigenvalue weighted by Gasteiger charge is 2.11. The third kappa shape index (κ3) is 2.78. The van der Waals surface area contributed by atoms with Gasteiger partial charge in [0.05, 0.1) is 0 Å². The van der Waals surface area contributed by atoms with E-state index in [1.807, 2.05) is 0 Å². The van der Waals surface area contributed by atoms with Crippen molar-refractivity contribution in [2.75, 3.05) is 5.32 Å². The fraction of sp³-hybridized carbons (Fsp3) is 0.0833. The van der Waals surface area contributed by atoms with Crippen molar-refractivity contribution in [3.05, 3.63) is 42.2 Å². The minimum absolute atomic E-state index is 0.284. The molecule has 2 aromatic rings. The van der Waals surface area contributed by atoms with Crippen LogP contribution in [0.15, 0.2) is 36.4 Å². The van der Waals surface area contributed by atoms with E-state index >= 15 is 0 Å². The van der Waals surface area contributed by atoms with E-state index in [-0.39, 0.29) is 11.7 Å². The van der Waals surface area contributed by atoms with Gasteiger partial charge in [0.25, 0.3) is 0 Å². The molecule has 0 fully saturated rings. The van der Waals surface area contributed by atoms with Gasteiger partial charge in [-0.25, -0.2) is 4.39 Å². The average molecular weight is 263 g/mol. The number of aromatic nitrogens is 2. The van der Waals surface area contributed by atoms with Gasteiger partial charge in [-0.2, -0.15) is 0 Å². The quantitative estimate of drug-likeness (QED) is 0.866. The maximum absolute atomic E-state index is 13.5. The van der Waals surface area contributed by atoms with Gasteiger partial charge < -0.3 is 0 Å². The second-order valence-corrected chi connectivity index (χ2v) is 4.36. The van der Waals surface area contributed by atoms with E-state index in [9.17, 15) is 9.18 Å². The standard InChI is InChI=1S/C12H10FN3OS/c1-2-5-10(17)14-12-16-15-11(18-12)8-6-3-4-7-9(8)13/h2-7H,1H3,(H,14,16,17). The molecule has 1 amide bonds. The molecule has 4 nitrogen and oxygen atoms in total. The van der Waals surface area contributed by atoms with Crippen molar-refractivity contribution in [3.8, 4) is 10.6 Å². The Morgan fingerprint density at radius 2 is 2.17 bits per heavy atom. The largest absolute Gasteiger partial charge is 0.297 e. The van der Waals surface area contributed by atoms with E-state index in [1.165, 1.54) is 12.1 Å². The van der Waals surface area contributed by atoms with E-state index in [0.29, 0.717) is 15.7 Å². The lowest BCUT2D eigenvalue weighted by Gasteiger charge is -1.96. The molecule has 18 heavy (non-hydrogen) atoms. The van der Waals surface area contributed by atoms with Gasteiger partial charge in [-0.05, 0) is 25.1 Å². The fourth-order valence-electron chi connectivity index (χ4n) is 1.32. The molecule has 1 aromatic carbocycles. The Kier molecular flexibility index (Phi) is 3.78. The summed E-state index contributed by atoms with van der Waals surface area (Å²) in [5, 5.41) is 11.0. The van der Waals surface area contributed by atoms with Crippen molar-refractivity contribution < 1.29 is 9.18 Å². The molecular weight excluding hydrogens is 253 g/mol. The maximum atomic E-state index is 13.5. The number of hydrogen-bond acceptors (Lipinski definition) is 4. The molecule has 0 aliphatic rings. The molecule has 1 aromatic heterocycles. The molecule has 1 heterocycles. The Balaban J connectivity index is 2.21. The highest BCUT2D eigenvalue weighted by atomic mass is 32.1. The van der Waals surface area contributed by atoms with E-state index in [4.69, 9.17) is 0 Å². The van der Waals surface area contributed by atoms with Crippen LogP contribution in [-0.2, 0) is 4.79 Å². The van der Waals surface area contributed by atoms with Gasteiger partial charge in [-0.3, -0.25) is 10.1 Å². The van der Waals surface area contributed by atoms with Crippen molar-refractivity contribution in [1.82, 2.24) is 10.2 Å². The zero-order chi connectivity index (χ0) is 13.0. The summed E-state index contributed by atoms with van der Waals surface area (Å²) in [6.45, 7) is 1.74. The third-order valence-corrected chi connectivity index (χ3v) is 2.95. The minimum Gasteiger partial charge on any atom is -0.297 e. The van der Waals surface area contributed by atoms with Gasteiger partial charge in [0.1, 0.15) is 5.82 Å². The van der Waals surface area contributed by atoms with Crippen LogP contribution in [0.5, 0.6) is 0 Å². The molecule has 1 N–H and O–H groups in total. The first-order chi connectivity index (χ1) is 8.70. The number of anilines is 1. The van der Waals surface area contributed by atoms with Crippen LogP contribution in [0.4, 0.5) is 9.52 Å². The Bertz CT molecular complexity index is 595. The number of rotatable bonds is 3. The van der Waals surface area contributed by atoms with Gasteiger partial charge in [-0.15, -0.1) is 10.2 Å². The van der Waals surface area contributed by atoms with Crippen LogP contribution in [-0.4, -0.2) is 16.1 Å². The summed E-state index contributed by atoms with van der Waals surface area (Å²) >= 11 is 1.13. The molecule has 2 rings (SSSR count). The summed E-state index contributed by atoms with van der Waals surface area (Å²) in [6.07, 6.45) is 3.00. The maximum Gasteiger partial charge on any atom is 0.249 e. The Morgan fingerprint density at radius 3 is 2.89 bits per heavy atom. The van der Waals surface area contributed by atoms with Crippen molar-refractivity contribution in [1.29, 1.82) is 0 Å². The van der Waals surface area contributed by atoms with Gasteiger partial charge in [0.2, 0.25) is 11.0 Å². The first-order valence-corrected chi connectivity index (χ1v) is 6.04. The second-order valence-electron chi connectivity index (χ2n) is 3.38. The summed E-state index contributed by atoms with van der Waals surface area (Å²) in [6, 6.07) is 6.30. The highest BCUT2D eigenvalue weighted by molar-refractivity contribution is 7.18. The van der Waals surface area contributed by atoms with E-state index in [2.05, 4.69) is 15.5 Å². The van der Waals surface area contributed by atoms with E-state index < -0.39 is 0 Å². The van der Waals surface area contributed by atoms with Crippen LogP contribution in [0.1, 0.15) is 6.92 Å². The molecule has 0 bridgehead atoms. The third-order valence-electron chi connectivity index (χ3n) is 2.08. The number of nitrogens with zero attached hydrogens (tertiary/aromatic N) is 2. The molecule has 6 heteroatoms. The Morgan fingerprint density at radius 1 is 1.39 bits per heavy atom. The lowest BCUT2D eigenvalue weighted by atomic mass is 10.2. The first kappa shape index (κ1) is 12.4. The fourth-order valence-corrected chi connectivity index (χ4v) is 2.09. The summed E-state index contributed by atoms with van der Waals surface area (Å²) < 4.78 is 13.5. The second kappa shape index (κ2) is 5.50. The highest BCUT2D eigenvalue weighted by Crippen LogP contribution is 2.28. The average Bonchev–Trinajstić information content (AvgIpc) is 2.78. The number of hydrogen-bond donors (Lipinski definition) is 1. The lowest BCUT2D eigenvalue weighted by molar-refractivity contribution is -0.111. The molecule has 0 saturated heterocycles. The number of amides is 1. The molecule has 0 atom stereocenters. The van der Waals surface area contributed by atoms with Crippen molar-refractivity contribution in [2.45, 2.75) is 6.92 Å². The van der Waals surface area contributed by atoms with Crippen LogP contribution < -0.4 is 5.32 Å². The number of allylic oxidation sites excluding steroid dienone is 1. The van der Waals surface area contributed by atoms with Crippen LogP contribution in [0, 0.1) is 5.82 Å². The van der Waals surface area contributed by atoms with Gasteiger partial charge >= 0.3 is 0 Å². The van der Waals surface area contributed by atoms with Gasteiger partial charge in [-0.1, -0.05) is 29.5 Å². The zero-order valence-electron chi connectivity index (χ0n) is 9.55. The number of carbonyl (C=O) groups is 1. The molecule has 92 valence electrons. The van der Waals surface area contributed by atoms with Crippen LogP contribution in [0.25, 0.3) is 10.6 Å². The van der Waals surface area contributed by atoms with E-state index in [0.717, 1.165) is 11.3 Å². The molecule has 0 aliphatic carbocycles. The van der Waals surface area contributed by atoms with Crippen molar-refractivity contribution in [2.24, 2.45) is 0 Å². The number of halogens is 1. The number of nitrogens with one attached hydrogen (secondary N) is 1. The molecule has 0 spiro atoms. The normalized spacial score (nSPS) is 10.8. The molecule has 0 radical (unpaired) electrons. The smallest absolute Gasteiger partial charge is 0.249 e. The minimum atomic E-state index is -0.361. The lowest BCUT2D eigenvalue weighted by Crippen LogP contribution is -2.07. The van der Waals surface area contributed by atoms with Gasteiger partial charge in [0.15, 0.2) is 5.01 Å². The summed E-state index contributed by atoms with van der Waals surface area (Å²) in [7, 11) is 0. The molecule has 0 unspecified atom stereocenters. The Hall–Kier alpha value is -2.08. The summed E-state index contributed by atoms with van der Waals surface area (Å²) in [5.74, 6) is -0.645. The topological polar surface area (TPSA) is 54.9 Å². The molecule has 0 aliphatic heterocycles. The zero-order valence-corrected chi connectivity index (χ0v) is 10.4. The van der Waals surface area contributed by atoms with Gasteiger partial charge in [0, 0.05) is 5.56 Å². The van der Waals surface area contributed by atoms with Crippen molar-refractivity contribution >= 4 is 22.4 Å². The van der Waals surface area contributed by atoms with Crippen molar-refractivity contribution in [3.63, 3.8) is 0 Å². The van der Waals surface area contributed by atoms with Crippen LogP contribution in [0.3, 0.4) is 0 Å². The predicted octanol–water partition coefficient (Wildman–Crippen LogP) is 2.86. The monoisotopic (exact) mass is 263 g/mol. The van der Waals surface area contributed by atoms with E-state index in [1.54, 1.807) is 31.2 Å². The SMILES string of the molecule is CC=CC(=O)Nc1nnc(-c2ccccc2F)s1. The molecular formula is C12H10FN3OS. The first-order valence-electron chi connectivity index (χ1n) is 5.23. The predicted molar refractivity (Wildman–Crippen MR) is 68.7 cm³/mol.